The number of aromatic nitrogens is 4. The number of nitro benzene ring substituents is 1. The third-order valence-corrected chi connectivity index (χ3v) is 2.34. The van der Waals surface area contributed by atoms with Gasteiger partial charge < -0.3 is 5.73 Å². The highest BCUT2D eigenvalue weighted by atomic mass is 16.6. The molecule has 11 nitrogen and oxygen atoms in total. The number of nitrogens with two attached hydrogens (primary N) is 1. The summed E-state index contributed by atoms with van der Waals surface area (Å²) in [6.07, 6.45) is 1.29. The molecule has 3 N–H and O–H groups in total. The fourth-order valence-electron chi connectivity index (χ4n) is 1.39. The number of carbonyl (C=O) groups excluding carboxylic acids is 1. The standard InChI is InChI=1S/C10H10N8O3/c11-10-14-15-16-17(10)6-9(19)13-12-5-7-2-1-3-8(4-7)18(20)21/h1-5H,6H2,(H,13,19)(H2,11,14,16)/b12-5-. The summed E-state index contributed by atoms with van der Waals surface area (Å²) >= 11 is 0. The average Bonchev–Trinajstić information content (AvgIpc) is 2.84. The van der Waals surface area contributed by atoms with Gasteiger partial charge in [-0.1, -0.05) is 17.2 Å². The number of carbonyl (C=O) groups is 1. The van der Waals surface area contributed by atoms with Gasteiger partial charge in [0, 0.05) is 17.7 Å². The summed E-state index contributed by atoms with van der Waals surface area (Å²) in [5.41, 5.74) is 8.05. The van der Waals surface area contributed by atoms with E-state index in [1.54, 1.807) is 6.07 Å². The number of nitrogen functional groups attached to an aromatic ring is 1. The number of rotatable bonds is 5. The Hall–Kier alpha value is -3.37. The molecule has 0 bridgehead atoms. The van der Waals surface area contributed by atoms with Crippen molar-refractivity contribution in [1.29, 1.82) is 0 Å². The van der Waals surface area contributed by atoms with Crippen LogP contribution >= 0.6 is 0 Å². The van der Waals surface area contributed by atoms with E-state index in [2.05, 4.69) is 26.1 Å². The molecular formula is C10H10N8O3. The zero-order chi connectivity index (χ0) is 15.2. The topological polar surface area (TPSA) is 154 Å². The monoisotopic (exact) mass is 290 g/mol. The minimum atomic E-state index is -0.517. The Kier molecular flexibility index (Phi) is 4.14. The SMILES string of the molecule is Nc1nnnn1CC(=O)N/N=C\c1cccc([N+](=O)[O-])c1. The van der Waals surface area contributed by atoms with Crippen LogP contribution in [-0.2, 0) is 11.3 Å². The Bertz CT molecular complexity index is 695. The molecule has 108 valence electrons. The number of nitrogens with one attached hydrogen (secondary N) is 1. The van der Waals surface area contributed by atoms with Crippen LogP contribution in [0.15, 0.2) is 29.4 Å². The molecule has 0 saturated carbocycles. The van der Waals surface area contributed by atoms with Gasteiger partial charge in [0.25, 0.3) is 11.6 Å². The lowest BCUT2D eigenvalue weighted by atomic mass is 10.2. The van der Waals surface area contributed by atoms with Crippen molar-refractivity contribution in [3.05, 3.63) is 39.9 Å². The lowest BCUT2D eigenvalue weighted by Crippen LogP contribution is -2.24. The molecule has 0 aliphatic carbocycles. The highest BCUT2D eigenvalue weighted by molar-refractivity contribution is 5.83. The maximum atomic E-state index is 11.5. The first-order valence-electron chi connectivity index (χ1n) is 5.64. The first kappa shape index (κ1) is 14.0. The second-order valence-electron chi connectivity index (χ2n) is 3.84. The molecule has 0 radical (unpaired) electrons. The number of nitro groups is 1. The minimum absolute atomic E-state index is 0.00723. The third kappa shape index (κ3) is 3.79. The van der Waals surface area contributed by atoms with E-state index in [0.717, 1.165) is 4.68 Å². The second-order valence-corrected chi connectivity index (χ2v) is 3.84. The Balaban J connectivity index is 1.93. The van der Waals surface area contributed by atoms with E-state index >= 15 is 0 Å². The first-order chi connectivity index (χ1) is 10.1. The molecule has 0 saturated heterocycles. The van der Waals surface area contributed by atoms with E-state index in [1.165, 1.54) is 24.4 Å². The molecule has 1 aromatic heterocycles. The number of hydrogen-bond donors (Lipinski definition) is 2. The summed E-state index contributed by atoms with van der Waals surface area (Å²) in [6, 6.07) is 5.82. The number of benzene rings is 1. The molecule has 0 fully saturated rings. The molecule has 1 aromatic carbocycles. The van der Waals surface area contributed by atoms with Gasteiger partial charge >= 0.3 is 0 Å². The number of tetrazole rings is 1. The van der Waals surface area contributed by atoms with Crippen LogP contribution in [0.2, 0.25) is 0 Å². The van der Waals surface area contributed by atoms with Crippen LogP contribution in [0.4, 0.5) is 11.6 Å². The van der Waals surface area contributed by atoms with Crippen molar-refractivity contribution in [2.45, 2.75) is 6.54 Å². The molecule has 0 atom stereocenters. The number of anilines is 1. The lowest BCUT2D eigenvalue weighted by Gasteiger charge is -2.00. The summed E-state index contributed by atoms with van der Waals surface area (Å²) < 4.78 is 1.10. The maximum Gasteiger partial charge on any atom is 0.270 e. The summed E-state index contributed by atoms with van der Waals surface area (Å²) in [7, 11) is 0. The number of hydrazone groups is 1. The highest BCUT2D eigenvalue weighted by Gasteiger charge is 2.07. The van der Waals surface area contributed by atoms with Crippen molar-refractivity contribution >= 4 is 23.8 Å². The van der Waals surface area contributed by atoms with Gasteiger partial charge in [0.2, 0.25) is 5.95 Å². The van der Waals surface area contributed by atoms with Crippen LogP contribution in [-0.4, -0.2) is 37.3 Å². The van der Waals surface area contributed by atoms with E-state index in [4.69, 9.17) is 5.73 Å². The van der Waals surface area contributed by atoms with Gasteiger partial charge in [-0.15, -0.1) is 0 Å². The summed E-state index contributed by atoms with van der Waals surface area (Å²) in [5.74, 6) is -0.483. The van der Waals surface area contributed by atoms with Crippen LogP contribution in [0.3, 0.4) is 0 Å². The van der Waals surface area contributed by atoms with Gasteiger partial charge in [0.05, 0.1) is 11.1 Å². The van der Waals surface area contributed by atoms with E-state index in [0.29, 0.717) is 5.56 Å². The number of hydrogen-bond acceptors (Lipinski definition) is 8. The van der Waals surface area contributed by atoms with Gasteiger partial charge in [-0.3, -0.25) is 14.9 Å². The predicted octanol–water partition coefficient (Wildman–Crippen LogP) is -0.686. The Labute approximate surface area is 117 Å². The molecular weight excluding hydrogens is 280 g/mol. The Morgan fingerprint density at radius 2 is 2.38 bits per heavy atom. The van der Waals surface area contributed by atoms with Crippen molar-refractivity contribution < 1.29 is 9.72 Å². The normalized spacial score (nSPS) is 10.7. The van der Waals surface area contributed by atoms with Crippen molar-refractivity contribution in [3.8, 4) is 0 Å². The molecule has 0 aliphatic heterocycles. The molecule has 11 heteroatoms. The van der Waals surface area contributed by atoms with Crippen molar-refractivity contribution in [2.24, 2.45) is 5.10 Å². The molecule has 2 aromatic rings. The summed E-state index contributed by atoms with van der Waals surface area (Å²) in [5, 5.41) is 24.5. The quantitative estimate of drug-likeness (QED) is 0.419. The number of amides is 1. The van der Waals surface area contributed by atoms with E-state index < -0.39 is 10.8 Å². The fraction of sp³-hybridized carbons (Fsp3) is 0.100. The van der Waals surface area contributed by atoms with Crippen molar-refractivity contribution in [3.63, 3.8) is 0 Å². The van der Waals surface area contributed by atoms with Crippen LogP contribution in [0, 0.1) is 10.1 Å². The van der Waals surface area contributed by atoms with Crippen LogP contribution < -0.4 is 11.2 Å². The average molecular weight is 290 g/mol. The predicted molar refractivity (Wildman–Crippen MR) is 71.1 cm³/mol. The molecule has 1 amide bonds. The molecule has 0 unspecified atom stereocenters. The summed E-state index contributed by atoms with van der Waals surface area (Å²) in [4.78, 5) is 21.6. The van der Waals surface area contributed by atoms with Gasteiger partial charge in [0.15, 0.2) is 0 Å². The van der Waals surface area contributed by atoms with Gasteiger partial charge in [-0.05, 0) is 10.4 Å². The molecule has 0 aliphatic rings. The van der Waals surface area contributed by atoms with Gasteiger partial charge in [-0.25, -0.2) is 10.1 Å². The Morgan fingerprint density at radius 3 is 3.05 bits per heavy atom. The summed E-state index contributed by atoms with van der Waals surface area (Å²) in [6.45, 7) is -0.189. The highest BCUT2D eigenvalue weighted by Crippen LogP contribution is 2.11. The van der Waals surface area contributed by atoms with Gasteiger partial charge in [0.1, 0.15) is 6.54 Å². The van der Waals surface area contributed by atoms with Crippen LogP contribution in [0.5, 0.6) is 0 Å². The zero-order valence-electron chi connectivity index (χ0n) is 10.6. The molecule has 21 heavy (non-hydrogen) atoms. The number of non-ortho nitro benzene ring substituents is 1. The number of nitrogens with zero attached hydrogens (tertiary/aromatic N) is 6. The smallest absolute Gasteiger partial charge is 0.270 e. The van der Waals surface area contributed by atoms with Crippen LogP contribution in [0.25, 0.3) is 0 Å². The maximum absolute atomic E-state index is 11.5. The molecule has 1 heterocycles. The van der Waals surface area contributed by atoms with Gasteiger partial charge in [-0.2, -0.15) is 5.10 Å². The fourth-order valence-corrected chi connectivity index (χ4v) is 1.39. The van der Waals surface area contributed by atoms with Crippen LogP contribution in [0.1, 0.15) is 5.56 Å². The Morgan fingerprint density at radius 1 is 1.57 bits per heavy atom. The van der Waals surface area contributed by atoms with E-state index in [-0.39, 0.29) is 18.2 Å². The van der Waals surface area contributed by atoms with Crippen molar-refractivity contribution in [1.82, 2.24) is 25.6 Å². The van der Waals surface area contributed by atoms with Crippen molar-refractivity contribution in [2.75, 3.05) is 5.73 Å². The lowest BCUT2D eigenvalue weighted by molar-refractivity contribution is -0.384. The third-order valence-electron chi connectivity index (χ3n) is 2.34. The minimum Gasteiger partial charge on any atom is -0.367 e. The largest absolute Gasteiger partial charge is 0.367 e. The molecule has 2 rings (SSSR count). The van der Waals surface area contributed by atoms with E-state index in [9.17, 15) is 14.9 Å². The first-order valence-corrected chi connectivity index (χ1v) is 5.64. The zero-order valence-corrected chi connectivity index (χ0v) is 10.6. The van der Waals surface area contributed by atoms with E-state index in [1.807, 2.05) is 0 Å². The second kappa shape index (κ2) is 6.18. The molecule has 0 spiro atoms.